The zero-order chi connectivity index (χ0) is 19.1. The van der Waals surface area contributed by atoms with Gasteiger partial charge in [-0.25, -0.2) is 9.18 Å². The maximum absolute atomic E-state index is 13.8. The van der Waals surface area contributed by atoms with Crippen LogP contribution in [0.15, 0.2) is 45.6 Å². The van der Waals surface area contributed by atoms with Crippen LogP contribution in [0.25, 0.3) is 11.0 Å². The van der Waals surface area contributed by atoms with Crippen LogP contribution in [0.3, 0.4) is 0 Å². The summed E-state index contributed by atoms with van der Waals surface area (Å²) >= 11 is 5.92. The van der Waals surface area contributed by atoms with E-state index < -0.39 is 23.2 Å². The van der Waals surface area contributed by atoms with Crippen molar-refractivity contribution in [2.75, 3.05) is 0 Å². The average molecular weight is 387 g/mol. The summed E-state index contributed by atoms with van der Waals surface area (Å²) in [4.78, 5) is 11.5. The molecule has 26 heavy (non-hydrogen) atoms. The second-order valence-electron chi connectivity index (χ2n) is 5.53. The smallest absolute Gasteiger partial charge is 0.417 e. The van der Waals surface area contributed by atoms with Crippen molar-refractivity contribution in [1.29, 1.82) is 0 Å². The molecular formula is C18H11ClF4O3. The molecule has 0 saturated carbocycles. The van der Waals surface area contributed by atoms with Crippen LogP contribution >= 0.6 is 11.6 Å². The van der Waals surface area contributed by atoms with Crippen molar-refractivity contribution in [1.82, 2.24) is 0 Å². The molecule has 0 fully saturated rings. The molecule has 3 rings (SSSR count). The summed E-state index contributed by atoms with van der Waals surface area (Å²) in [6.07, 6.45) is -4.70. The first-order valence-electron chi connectivity index (χ1n) is 7.39. The first-order chi connectivity index (χ1) is 12.2. The molecule has 1 heterocycles. The zero-order valence-electron chi connectivity index (χ0n) is 13.3. The van der Waals surface area contributed by atoms with E-state index in [1.54, 1.807) is 0 Å². The molecule has 2 aromatic carbocycles. The Labute approximate surface area is 149 Å². The van der Waals surface area contributed by atoms with E-state index in [9.17, 15) is 22.4 Å². The van der Waals surface area contributed by atoms with Gasteiger partial charge in [0.15, 0.2) is 0 Å². The summed E-state index contributed by atoms with van der Waals surface area (Å²) in [5.41, 5.74) is -2.14. The van der Waals surface area contributed by atoms with Crippen LogP contribution in [0, 0.1) is 12.7 Å². The molecular weight excluding hydrogens is 376 g/mol. The highest BCUT2D eigenvalue weighted by Gasteiger charge is 2.34. The predicted molar refractivity (Wildman–Crippen MR) is 88.0 cm³/mol. The Kier molecular flexibility index (Phi) is 4.66. The van der Waals surface area contributed by atoms with Gasteiger partial charge >= 0.3 is 11.8 Å². The SMILES string of the molecule is Cc1c(OCc2c(F)cccc2Cl)ccc2c(C(F)(F)F)cc(=O)oc12. The molecule has 0 amide bonds. The lowest BCUT2D eigenvalue weighted by Gasteiger charge is -2.14. The molecule has 0 aliphatic rings. The minimum atomic E-state index is -4.70. The van der Waals surface area contributed by atoms with Crippen molar-refractivity contribution >= 4 is 22.6 Å². The van der Waals surface area contributed by atoms with Crippen molar-refractivity contribution < 1.29 is 26.7 Å². The standard InChI is InChI=1S/C18H11ClF4O3/c1-9-15(25-8-11-13(19)3-2-4-14(11)20)6-5-10-12(18(21,22)23)7-16(24)26-17(9)10/h2-7H,8H2,1H3. The van der Waals surface area contributed by atoms with Crippen molar-refractivity contribution in [3.63, 3.8) is 0 Å². The van der Waals surface area contributed by atoms with E-state index in [0.29, 0.717) is 6.07 Å². The van der Waals surface area contributed by atoms with E-state index in [-0.39, 0.29) is 39.5 Å². The quantitative estimate of drug-likeness (QED) is 0.441. The van der Waals surface area contributed by atoms with Gasteiger partial charge in [-0.1, -0.05) is 17.7 Å². The summed E-state index contributed by atoms with van der Waals surface area (Å²) < 4.78 is 63.6. The fraction of sp³-hybridized carbons (Fsp3) is 0.167. The second kappa shape index (κ2) is 6.64. The molecule has 3 nitrogen and oxygen atoms in total. The number of fused-ring (bicyclic) bond motifs is 1. The number of alkyl halides is 3. The number of rotatable bonds is 3. The molecule has 0 unspecified atom stereocenters. The molecule has 0 radical (unpaired) electrons. The number of benzene rings is 2. The van der Waals surface area contributed by atoms with Crippen LogP contribution in [-0.4, -0.2) is 0 Å². The lowest BCUT2D eigenvalue weighted by Crippen LogP contribution is -2.11. The van der Waals surface area contributed by atoms with Gasteiger partial charge < -0.3 is 9.15 Å². The summed E-state index contributed by atoms with van der Waals surface area (Å²) in [6, 6.07) is 7.00. The molecule has 3 aromatic rings. The highest BCUT2D eigenvalue weighted by atomic mass is 35.5. The summed E-state index contributed by atoms with van der Waals surface area (Å²) in [6.45, 7) is 1.21. The summed E-state index contributed by atoms with van der Waals surface area (Å²) in [5.74, 6) is -0.416. The molecule has 8 heteroatoms. The van der Waals surface area contributed by atoms with E-state index >= 15 is 0 Å². The van der Waals surface area contributed by atoms with Gasteiger partial charge in [-0.2, -0.15) is 13.2 Å². The Morgan fingerprint density at radius 3 is 2.58 bits per heavy atom. The molecule has 0 aliphatic carbocycles. The van der Waals surface area contributed by atoms with Crippen molar-refractivity contribution in [3.05, 3.63) is 74.3 Å². The fourth-order valence-corrected chi connectivity index (χ4v) is 2.77. The van der Waals surface area contributed by atoms with Gasteiger partial charge in [0, 0.05) is 22.6 Å². The Balaban J connectivity index is 2.04. The lowest BCUT2D eigenvalue weighted by atomic mass is 10.1. The molecule has 0 aliphatic heterocycles. The van der Waals surface area contributed by atoms with Gasteiger partial charge in [-0.15, -0.1) is 0 Å². The van der Waals surface area contributed by atoms with Crippen molar-refractivity contribution in [2.24, 2.45) is 0 Å². The first-order valence-corrected chi connectivity index (χ1v) is 7.76. The highest BCUT2D eigenvalue weighted by molar-refractivity contribution is 6.31. The molecule has 136 valence electrons. The monoisotopic (exact) mass is 386 g/mol. The minimum absolute atomic E-state index is 0.110. The van der Waals surface area contributed by atoms with Crippen LogP contribution in [0.2, 0.25) is 5.02 Å². The Hall–Kier alpha value is -2.54. The molecule has 0 saturated heterocycles. The van der Waals surface area contributed by atoms with Crippen molar-refractivity contribution in [2.45, 2.75) is 19.7 Å². The van der Waals surface area contributed by atoms with Crippen LogP contribution in [0.5, 0.6) is 5.75 Å². The van der Waals surface area contributed by atoms with E-state index in [4.69, 9.17) is 20.8 Å². The molecule has 0 bridgehead atoms. The van der Waals surface area contributed by atoms with Gasteiger partial charge in [0.1, 0.15) is 23.8 Å². The van der Waals surface area contributed by atoms with E-state index in [1.807, 2.05) is 0 Å². The second-order valence-corrected chi connectivity index (χ2v) is 5.94. The van der Waals surface area contributed by atoms with E-state index in [0.717, 1.165) is 6.07 Å². The normalized spacial score (nSPS) is 11.8. The lowest BCUT2D eigenvalue weighted by molar-refractivity contribution is -0.136. The van der Waals surface area contributed by atoms with Crippen molar-refractivity contribution in [3.8, 4) is 5.75 Å². The number of aryl methyl sites for hydroxylation is 1. The zero-order valence-corrected chi connectivity index (χ0v) is 14.0. The average Bonchev–Trinajstić information content (AvgIpc) is 2.55. The number of hydrogen-bond donors (Lipinski definition) is 0. The fourth-order valence-electron chi connectivity index (χ4n) is 2.55. The van der Waals surface area contributed by atoms with Gasteiger partial charge in [0.25, 0.3) is 0 Å². The molecule has 0 N–H and O–H groups in total. The minimum Gasteiger partial charge on any atom is -0.488 e. The molecule has 1 aromatic heterocycles. The summed E-state index contributed by atoms with van der Waals surface area (Å²) in [7, 11) is 0. The summed E-state index contributed by atoms with van der Waals surface area (Å²) in [5, 5.41) is -0.0970. The third-order valence-corrected chi connectivity index (χ3v) is 4.20. The Bertz CT molecular complexity index is 1020. The highest BCUT2D eigenvalue weighted by Crippen LogP contribution is 2.37. The maximum atomic E-state index is 13.8. The van der Waals surface area contributed by atoms with Gasteiger partial charge in [0.2, 0.25) is 0 Å². The molecule has 0 atom stereocenters. The van der Waals surface area contributed by atoms with Gasteiger partial charge in [0.05, 0.1) is 10.6 Å². The molecule has 0 spiro atoms. The van der Waals surface area contributed by atoms with E-state index in [2.05, 4.69) is 0 Å². The number of halogens is 5. The first kappa shape index (κ1) is 18.3. The topological polar surface area (TPSA) is 39.4 Å². The van der Waals surface area contributed by atoms with Gasteiger partial charge in [-0.3, -0.25) is 0 Å². The third kappa shape index (κ3) is 3.39. The third-order valence-electron chi connectivity index (χ3n) is 3.85. The number of hydrogen-bond acceptors (Lipinski definition) is 3. The van der Waals surface area contributed by atoms with Crippen LogP contribution in [-0.2, 0) is 12.8 Å². The maximum Gasteiger partial charge on any atom is 0.417 e. The number of ether oxygens (including phenoxy) is 1. The van der Waals surface area contributed by atoms with E-state index in [1.165, 1.54) is 31.2 Å². The largest absolute Gasteiger partial charge is 0.488 e. The van der Waals surface area contributed by atoms with Crippen LogP contribution < -0.4 is 10.4 Å². The van der Waals surface area contributed by atoms with Crippen LogP contribution in [0.4, 0.5) is 17.6 Å². The Morgan fingerprint density at radius 2 is 1.92 bits per heavy atom. The Morgan fingerprint density at radius 1 is 1.19 bits per heavy atom. The predicted octanol–water partition coefficient (Wildman–Crippen LogP) is 5.49. The van der Waals surface area contributed by atoms with Crippen LogP contribution in [0.1, 0.15) is 16.7 Å². The van der Waals surface area contributed by atoms with Gasteiger partial charge in [-0.05, 0) is 31.2 Å².